The predicted molar refractivity (Wildman–Crippen MR) is 156 cm³/mol. The standard InChI is InChI=1S/C30H34FN7O4/c1-17-13-37(14-18(2)38(17)29(39)42-30(3,4)5)20-8-9-23-21(11-20)24(12-32)34-28(33-23)22-10-19-15-36(6)35-26(19)25(31)27(22)41-16-40-7/h8-11,15,17-18H,13-14,16H2,1-7H3/t17-,18+. The number of piperazine rings is 1. The number of rotatable bonds is 5. The SMILES string of the molecule is COCOc1c(-c2nc(C#N)c3cc(N4C[C@@H](C)N(C(=O)OC(C)(C)C)[C@@H](C)C4)ccc3n2)cc2cn(C)nc2c1F. The van der Waals surface area contributed by atoms with Crippen LogP contribution in [-0.2, 0) is 16.5 Å². The Bertz CT molecular complexity index is 1700. The summed E-state index contributed by atoms with van der Waals surface area (Å²) in [7, 11) is 3.14. The number of fused-ring (bicyclic) bond motifs is 2. The average molecular weight is 576 g/mol. The second kappa shape index (κ2) is 11.1. The van der Waals surface area contributed by atoms with Gasteiger partial charge in [0.1, 0.15) is 17.2 Å². The van der Waals surface area contributed by atoms with Crippen LogP contribution in [0.1, 0.15) is 40.3 Å². The fraction of sp³-hybridized carbons (Fsp3) is 0.433. The highest BCUT2D eigenvalue weighted by Crippen LogP contribution is 2.37. The molecule has 5 rings (SSSR count). The van der Waals surface area contributed by atoms with Crippen LogP contribution < -0.4 is 9.64 Å². The van der Waals surface area contributed by atoms with E-state index in [2.05, 4.69) is 21.1 Å². The molecule has 0 N–H and O–H groups in total. The Kier molecular flexibility index (Phi) is 7.64. The predicted octanol–water partition coefficient (Wildman–Crippen LogP) is 5.01. The number of hydrogen-bond donors (Lipinski definition) is 0. The largest absolute Gasteiger partial charge is 0.464 e. The van der Waals surface area contributed by atoms with Crippen molar-refractivity contribution >= 4 is 33.6 Å². The monoisotopic (exact) mass is 575 g/mol. The van der Waals surface area contributed by atoms with Gasteiger partial charge in [0, 0.05) is 49.9 Å². The third kappa shape index (κ3) is 5.52. The molecule has 1 fully saturated rings. The number of amides is 1. The van der Waals surface area contributed by atoms with Crippen molar-refractivity contribution in [3.05, 3.63) is 42.0 Å². The summed E-state index contributed by atoms with van der Waals surface area (Å²) in [4.78, 5) is 26.0. The van der Waals surface area contributed by atoms with E-state index in [1.165, 1.54) is 11.8 Å². The number of carbonyl (C=O) groups is 1. The summed E-state index contributed by atoms with van der Waals surface area (Å²) in [5.41, 5.74) is 1.41. The van der Waals surface area contributed by atoms with E-state index in [0.29, 0.717) is 29.4 Å². The maximum absolute atomic E-state index is 15.5. The van der Waals surface area contributed by atoms with E-state index < -0.39 is 11.4 Å². The number of hydrogen-bond acceptors (Lipinski definition) is 9. The van der Waals surface area contributed by atoms with E-state index in [1.54, 1.807) is 24.2 Å². The number of carbonyl (C=O) groups excluding carboxylic acids is 1. The Hall–Kier alpha value is -4.50. The molecule has 2 aromatic heterocycles. The topological polar surface area (TPSA) is 119 Å². The molecule has 12 heteroatoms. The Labute approximate surface area is 243 Å². The van der Waals surface area contributed by atoms with E-state index in [1.807, 2.05) is 52.8 Å². The highest BCUT2D eigenvalue weighted by atomic mass is 19.1. The lowest BCUT2D eigenvalue weighted by atomic mass is 10.1. The summed E-state index contributed by atoms with van der Waals surface area (Å²) in [5.74, 6) is -0.615. The Morgan fingerprint density at radius 3 is 2.52 bits per heavy atom. The molecule has 3 heterocycles. The number of nitriles is 1. The molecule has 11 nitrogen and oxygen atoms in total. The van der Waals surface area contributed by atoms with Crippen molar-refractivity contribution in [1.29, 1.82) is 5.26 Å². The van der Waals surface area contributed by atoms with E-state index >= 15 is 4.39 Å². The summed E-state index contributed by atoms with van der Waals surface area (Å²) in [6, 6.07) is 9.30. The minimum atomic E-state index is -0.661. The van der Waals surface area contributed by atoms with Crippen molar-refractivity contribution in [1.82, 2.24) is 24.6 Å². The number of halogens is 1. The third-order valence-corrected chi connectivity index (χ3v) is 7.04. The van der Waals surface area contributed by atoms with E-state index in [9.17, 15) is 10.1 Å². The van der Waals surface area contributed by atoms with Crippen LogP contribution >= 0.6 is 0 Å². The first-order valence-electron chi connectivity index (χ1n) is 13.7. The maximum atomic E-state index is 15.5. The Morgan fingerprint density at radius 2 is 1.88 bits per heavy atom. The van der Waals surface area contributed by atoms with Gasteiger partial charge in [0.25, 0.3) is 0 Å². The maximum Gasteiger partial charge on any atom is 0.410 e. The van der Waals surface area contributed by atoms with Crippen LogP contribution in [0.4, 0.5) is 14.9 Å². The molecule has 4 aromatic rings. The highest BCUT2D eigenvalue weighted by molar-refractivity contribution is 5.91. The zero-order chi connectivity index (χ0) is 30.3. The van der Waals surface area contributed by atoms with Crippen molar-refractivity contribution in [2.24, 2.45) is 7.05 Å². The van der Waals surface area contributed by atoms with Gasteiger partial charge in [0.15, 0.2) is 29.9 Å². The van der Waals surface area contributed by atoms with Crippen LogP contribution in [0.5, 0.6) is 5.75 Å². The van der Waals surface area contributed by atoms with Crippen molar-refractivity contribution in [2.75, 3.05) is 31.9 Å². The van der Waals surface area contributed by atoms with Gasteiger partial charge in [0.2, 0.25) is 0 Å². The summed E-state index contributed by atoms with van der Waals surface area (Å²) in [5, 5.41) is 15.4. The van der Waals surface area contributed by atoms with Crippen LogP contribution in [0.25, 0.3) is 33.2 Å². The molecule has 1 aliphatic rings. The van der Waals surface area contributed by atoms with E-state index in [-0.39, 0.29) is 53.3 Å². The molecule has 0 aliphatic carbocycles. The molecule has 0 bridgehead atoms. The smallest absolute Gasteiger partial charge is 0.410 e. The van der Waals surface area contributed by atoms with Gasteiger partial charge in [-0.1, -0.05) is 0 Å². The van der Waals surface area contributed by atoms with Gasteiger partial charge < -0.3 is 19.1 Å². The minimum Gasteiger partial charge on any atom is -0.464 e. The van der Waals surface area contributed by atoms with Gasteiger partial charge in [-0.05, 0) is 58.9 Å². The minimum absolute atomic E-state index is 0.101. The number of benzene rings is 2. The molecule has 42 heavy (non-hydrogen) atoms. The van der Waals surface area contributed by atoms with Gasteiger partial charge in [-0.3, -0.25) is 9.58 Å². The molecule has 0 saturated carbocycles. The number of anilines is 1. The zero-order valence-electron chi connectivity index (χ0n) is 24.8. The summed E-state index contributed by atoms with van der Waals surface area (Å²) in [6.07, 6.45) is 1.36. The molecule has 0 unspecified atom stereocenters. The number of methoxy groups -OCH3 is 1. The molecule has 1 aliphatic heterocycles. The van der Waals surface area contributed by atoms with Crippen LogP contribution in [0, 0.1) is 17.1 Å². The molecule has 1 amide bonds. The van der Waals surface area contributed by atoms with Crippen molar-refractivity contribution in [2.45, 2.75) is 52.3 Å². The van der Waals surface area contributed by atoms with Crippen molar-refractivity contribution < 1.29 is 23.4 Å². The normalized spacial score (nSPS) is 17.5. The first kappa shape index (κ1) is 29.0. The molecule has 0 radical (unpaired) electrons. The number of aryl methyl sites for hydroxylation is 1. The molecule has 220 valence electrons. The average Bonchev–Trinajstić information content (AvgIpc) is 3.30. The van der Waals surface area contributed by atoms with Gasteiger partial charge >= 0.3 is 6.09 Å². The van der Waals surface area contributed by atoms with Crippen molar-refractivity contribution in [3.8, 4) is 23.2 Å². The van der Waals surface area contributed by atoms with Crippen LogP contribution in [0.15, 0.2) is 30.5 Å². The zero-order valence-corrected chi connectivity index (χ0v) is 24.8. The fourth-order valence-corrected chi connectivity index (χ4v) is 5.38. The van der Waals surface area contributed by atoms with Gasteiger partial charge in [0.05, 0.1) is 23.2 Å². The quantitative estimate of drug-likeness (QED) is 0.303. The van der Waals surface area contributed by atoms with Gasteiger partial charge in [-0.25, -0.2) is 19.2 Å². The summed E-state index contributed by atoms with van der Waals surface area (Å²) >= 11 is 0. The molecule has 2 atom stereocenters. The molecule has 0 spiro atoms. The summed E-state index contributed by atoms with van der Waals surface area (Å²) in [6.45, 7) is 10.5. The molecule has 1 saturated heterocycles. The number of nitrogens with zero attached hydrogens (tertiary/aromatic N) is 7. The summed E-state index contributed by atoms with van der Waals surface area (Å²) < 4.78 is 33.3. The van der Waals surface area contributed by atoms with Crippen molar-refractivity contribution in [3.63, 3.8) is 0 Å². The first-order chi connectivity index (χ1) is 19.9. The van der Waals surface area contributed by atoms with E-state index in [0.717, 1.165) is 5.69 Å². The fourth-order valence-electron chi connectivity index (χ4n) is 5.38. The van der Waals surface area contributed by atoms with E-state index in [4.69, 9.17) is 19.2 Å². The number of ether oxygens (including phenoxy) is 3. The molecular weight excluding hydrogens is 541 g/mol. The lowest BCUT2D eigenvalue weighted by molar-refractivity contribution is 0.00565. The second-order valence-corrected chi connectivity index (χ2v) is 11.6. The van der Waals surface area contributed by atoms with Crippen LogP contribution in [-0.4, -0.2) is 75.4 Å². The lowest BCUT2D eigenvalue weighted by Gasteiger charge is -2.45. The Balaban J connectivity index is 1.51. The lowest BCUT2D eigenvalue weighted by Crippen LogP contribution is -2.59. The number of aromatic nitrogens is 4. The molecule has 2 aromatic carbocycles. The van der Waals surface area contributed by atoms with Crippen LogP contribution in [0.3, 0.4) is 0 Å². The molecular formula is C30H34FN7O4. The van der Waals surface area contributed by atoms with Gasteiger partial charge in [-0.15, -0.1) is 0 Å². The van der Waals surface area contributed by atoms with Gasteiger partial charge in [-0.2, -0.15) is 10.4 Å². The van der Waals surface area contributed by atoms with Crippen LogP contribution in [0.2, 0.25) is 0 Å². The second-order valence-electron chi connectivity index (χ2n) is 11.6. The first-order valence-corrected chi connectivity index (χ1v) is 13.7. The third-order valence-electron chi connectivity index (χ3n) is 7.04. The highest BCUT2D eigenvalue weighted by Gasteiger charge is 2.36. The Morgan fingerprint density at radius 1 is 1.17 bits per heavy atom.